The van der Waals surface area contributed by atoms with E-state index in [4.69, 9.17) is 0 Å². The van der Waals surface area contributed by atoms with Crippen molar-refractivity contribution in [1.82, 2.24) is 20.4 Å². The largest absolute Gasteiger partial charge is 0.317 e. The van der Waals surface area contributed by atoms with Crippen molar-refractivity contribution in [1.29, 1.82) is 0 Å². The third-order valence-corrected chi connectivity index (χ3v) is 2.77. The third-order valence-electron chi connectivity index (χ3n) is 2.77. The first kappa shape index (κ1) is 7.99. The van der Waals surface area contributed by atoms with Gasteiger partial charge in [0.15, 0.2) is 0 Å². The number of carbonyl (C=O) groups is 1. The lowest BCUT2D eigenvalue weighted by molar-refractivity contribution is -0.128. The molecule has 1 unspecified atom stereocenters. The molecule has 2 N–H and O–H groups in total. The van der Waals surface area contributed by atoms with Gasteiger partial charge in [-0.25, -0.2) is 0 Å². The molecule has 1 aliphatic carbocycles. The molecule has 0 aromatic carbocycles. The van der Waals surface area contributed by atoms with Gasteiger partial charge in [-0.2, -0.15) is 5.10 Å². The topological polar surface area (TPSA) is 61.0 Å². The first-order valence-corrected chi connectivity index (χ1v) is 4.90. The van der Waals surface area contributed by atoms with Gasteiger partial charge in [0.25, 0.3) is 0 Å². The second-order valence-corrected chi connectivity index (χ2v) is 3.83. The van der Waals surface area contributed by atoms with Crippen LogP contribution in [0.1, 0.15) is 24.7 Å². The lowest BCUT2D eigenvalue weighted by Gasteiger charge is -2.22. The molecule has 1 aromatic rings. The maximum absolute atomic E-state index is 11.6. The molecule has 1 aromatic heterocycles. The zero-order valence-electron chi connectivity index (χ0n) is 7.73. The Hall–Kier alpha value is -1.36. The normalized spacial score (nSPS) is 27.3. The summed E-state index contributed by atoms with van der Waals surface area (Å²) < 4.78 is 0. The fourth-order valence-corrected chi connectivity index (χ4v) is 1.96. The molecule has 1 amide bonds. The number of nitrogens with one attached hydrogen (secondary N) is 2. The van der Waals surface area contributed by atoms with Gasteiger partial charge in [0.1, 0.15) is 6.17 Å². The van der Waals surface area contributed by atoms with Gasteiger partial charge in [0.05, 0.1) is 12.2 Å². The maximum atomic E-state index is 11.6. The molecule has 1 saturated carbocycles. The van der Waals surface area contributed by atoms with Gasteiger partial charge in [-0.15, -0.1) is 0 Å². The van der Waals surface area contributed by atoms with Gasteiger partial charge < -0.3 is 4.90 Å². The van der Waals surface area contributed by atoms with Crippen LogP contribution in [0.5, 0.6) is 0 Å². The van der Waals surface area contributed by atoms with E-state index in [1.54, 1.807) is 6.20 Å². The molecular weight excluding hydrogens is 180 g/mol. The number of rotatable bonds is 2. The number of hydrogen-bond acceptors (Lipinski definition) is 3. The zero-order chi connectivity index (χ0) is 9.54. The van der Waals surface area contributed by atoms with E-state index in [9.17, 15) is 4.79 Å². The number of aromatic nitrogens is 2. The molecule has 5 heteroatoms. The Bertz CT molecular complexity index is 344. The highest BCUT2D eigenvalue weighted by molar-refractivity contribution is 5.81. The SMILES string of the molecule is O=C1CNC(c2ccn[nH]2)N1C1CC1. The minimum atomic E-state index is 0.0116. The number of nitrogens with zero attached hydrogens (tertiary/aromatic N) is 2. The Morgan fingerprint density at radius 2 is 2.36 bits per heavy atom. The van der Waals surface area contributed by atoms with E-state index in [0.717, 1.165) is 18.5 Å². The van der Waals surface area contributed by atoms with E-state index < -0.39 is 0 Å². The van der Waals surface area contributed by atoms with Crippen molar-refractivity contribution < 1.29 is 4.79 Å². The molecule has 14 heavy (non-hydrogen) atoms. The van der Waals surface area contributed by atoms with E-state index >= 15 is 0 Å². The minimum Gasteiger partial charge on any atom is -0.317 e. The molecule has 0 spiro atoms. The Morgan fingerprint density at radius 1 is 1.50 bits per heavy atom. The van der Waals surface area contributed by atoms with Gasteiger partial charge in [0, 0.05) is 12.2 Å². The molecule has 0 bridgehead atoms. The molecule has 1 aliphatic heterocycles. The molecule has 0 radical (unpaired) electrons. The summed E-state index contributed by atoms with van der Waals surface area (Å²) in [6.07, 6.45) is 4.00. The molecule has 74 valence electrons. The summed E-state index contributed by atoms with van der Waals surface area (Å²) >= 11 is 0. The number of carbonyl (C=O) groups excluding carboxylic acids is 1. The molecule has 5 nitrogen and oxygen atoms in total. The summed E-state index contributed by atoms with van der Waals surface area (Å²) in [6.45, 7) is 0.445. The molecular formula is C9H12N4O. The number of amides is 1. The van der Waals surface area contributed by atoms with Gasteiger partial charge in [-0.1, -0.05) is 0 Å². The Morgan fingerprint density at radius 3 is 3.00 bits per heavy atom. The van der Waals surface area contributed by atoms with Crippen LogP contribution in [0.2, 0.25) is 0 Å². The van der Waals surface area contributed by atoms with Crippen molar-refractivity contribution in [3.63, 3.8) is 0 Å². The van der Waals surface area contributed by atoms with Crippen molar-refractivity contribution in [2.45, 2.75) is 25.0 Å². The van der Waals surface area contributed by atoms with Crippen LogP contribution in [0, 0.1) is 0 Å². The molecule has 1 saturated heterocycles. The molecule has 2 aliphatic rings. The highest BCUT2D eigenvalue weighted by Gasteiger charge is 2.42. The number of hydrogen-bond donors (Lipinski definition) is 2. The summed E-state index contributed by atoms with van der Waals surface area (Å²) in [5.74, 6) is 0.201. The Balaban J connectivity index is 1.88. The van der Waals surface area contributed by atoms with Crippen molar-refractivity contribution in [2.24, 2.45) is 0 Å². The first-order valence-electron chi connectivity index (χ1n) is 4.90. The summed E-state index contributed by atoms with van der Waals surface area (Å²) in [6, 6.07) is 2.36. The van der Waals surface area contributed by atoms with E-state index in [-0.39, 0.29) is 12.1 Å². The van der Waals surface area contributed by atoms with Crippen LogP contribution in [0.25, 0.3) is 0 Å². The second-order valence-electron chi connectivity index (χ2n) is 3.83. The van der Waals surface area contributed by atoms with Gasteiger partial charge in [-0.05, 0) is 18.9 Å². The first-order chi connectivity index (χ1) is 6.86. The third kappa shape index (κ3) is 1.13. The van der Waals surface area contributed by atoms with Gasteiger partial charge in [0.2, 0.25) is 5.91 Å². The van der Waals surface area contributed by atoms with Crippen LogP contribution in [0.15, 0.2) is 12.3 Å². The fourth-order valence-electron chi connectivity index (χ4n) is 1.96. The molecule has 2 fully saturated rings. The molecule has 2 heterocycles. The van der Waals surface area contributed by atoms with E-state index in [2.05, 4.69) is 15.5 Å². The van der Waals surface area contributed by atoms with Crippen LogP contribution in [0.3, 0.4) is 0 Å². The monoisotopic (exact) mass is 192 g/mol. The smallest absolute Gasteiger partial charge is 0.238 e. The average molecular weight is 192 g/mol. The van der Waals surface area contributed by atoms with E-state index in [0.29, 0.717) is 12.6 Å². The Kier molecular flexibility index (Phi) is 1.61. The van der Waals surface area contributed by atoms with Crippen LogP contribution >= 0.6 is 0 Å². The van der Waals surface area contributed by atoms with Crippen molar-refractivity contribution >= 4 is 5.91 Å². The van der Waals surface area contributed by atoms with Crippen LogP contribution in [-0.4, -0.2) is 33.6 Å². The predicted octanol–water partition coefficient (Wildman–Crippen LogP) is 0.00250. The lowest BCUT2D eigenvalue weighted by atomic mass is 10.3. The standard InChI is InChI=1S/C9H12N4O/c14-8-5-10-9(7-3-4-11-12-7)13(8)6-1-2-6/h3-4,6,9-10H,1-2,5H2,(H,11,12). The maximum Gasteiger partial charge on any atom is 0.238 e. The van der Waals surface area contributed by atoms with Crippen molar-refractivity contribution in [3.05, 3.63) is 18.0 Å². The quantitative estimate of drug-likeness (QED) is 0.693. The second kappa shape index (κ2) is 2.81. The molecule has 1 atom stereocenters. The number of H-pyrrole nitrogens is 1. The van der Waals surface area contributed by atoms with E-state index in [1.165, 1.54) is 0 Å². The summed E-state index contributed by atoms with van der Waals surface area (Å²) in [7, 11) is 0. The highest BCUT2D eigenvalue weighted by Crippen LogP contribution is 2.34. The lowest BCUT2D eigenvalue weighted by Crippen LogP contribution is -2.32. The molecule has 3 rings (SSSR count). The summed E-state index contributed by atoms with van der Waals surface area (Å²) in [5, 5.41) is 9.99. The van der Waals surface area contributed by atoms with Crippen molar-refractivity contribution in [2.75, 3.05) is 6.54 Å². The predicted molar refractivity (Wildman–Crippen MR) is 49.2 cm³/mol. The zero-order valence-corrected chi connectivity index (χ0v) is 7.73. The highest BCUT2D eigenvalue weighted by atomic mass is 16.2. The van der Waals surface area contributed by atoms with Gasteiger partial charge in [-0.3, -0.25) is 15.2 Å². The summed E-state index contributed by atoms with van der Waals surface area (Å²) in [4.78, 5) is 13.5. The fraction of sp³-hybridized carbons (Fsp3) is 0.556. The minimum absolute atomic E-state index is 0.0116. The average Bonchev–Trinajstić information content (AvgIpc) is 2.75. The van der Waals surface area contributed by atoms with Gasteiger partial charge >= 0.3 is 0 Å². The number of aromatic amines is 1. The van der Waals surface area contributed by atoms with Crippen LogP contribution < -0.4 is 5.32 Å². The van der Waals surface area contributed by atoms with Crippen molar-refractivity contribution in [3.8, 4) is 0 Å². The van der Waals surface area contributed by atoms with Crippen LogP contribution in [0.4, 0.5) is 0 Å². The van der Waals surface area contributed by atoms with E-state index in [1.807, 2.05) is 11.0 Å². The Labute approximate surface area is 81.5 Å². The van der Waals surface area contributed by atoms with Crippen LogP contribution in [-0.2, 0) is 4.79 Å². The summed E-state index contributed by atoms with van der Waals surface area (Å²) in [5.41, 5.74) is 0.975.